The Balaban J connectivity index is 0.00000392. The summed E-state index contributed by atoms with van der Waals surface area (Å²) in [4.78, 5) is 15.4. The van der Waals surface area contributed by atoms with Gasteiger partial charge < -0.3 is 20.3 Å². The molecule has 0 spiro atoms. The molecule has 9 heteroatoms. The lowest BCUT2D eigenvalue weighted by Crippen LogP contribution is -2.41. The smallest absolute Gasteiger partial charge is 0.191 e. The van der Waals surface area contributed by atoms with Crippen LogP contribution in [0, 0.1) is 0 Å². The van der Waals surface area contributed by atoms with Crippen LogP contribution >= 0.6 is 24.0 Å². The lowest BCUT2D eigenvalue weighted by atomic mass is 10.3. The Morgan fingerprint density at radius 1 is 1.29 bits per heavy atom. The largest absolute Gasteiger partial charge is 0.385 e. The van der Waals surface area contributed by atoms with Gasteiger partial charge in [0.1, 0.15) is 12.1 Å². The Morgan fingerprint density at radius 2 is 2.14 bits per heavy atom. The molecule has 0 saturated carbocycles. The zero-order valence-electron chi connectivity index (χ0n) is 17.0. The van der Waals surface area contributed by atoms with Crippen LogP contribution in [0.5, 0.6) is 0 Å². The first-order valence-electron chi connectivity index (χ1n) is 9.36. The van der Waals surface area contributed by atoms with Gasteiger partial charge in [0, 0.05) is 58.5 Å². The summed E-state index contributed by atoms with van der Waals surface area (Å²) in [5.41, 5.74) is 1.06. The molecule has 2 heterocycles. The van der Waals surface area contributed by atoms with Crippen LogP contribution in [0.25, 0.3) is 5.82 Å². The third-order valence-corrected chi connectivity index (χ3v) is 4.02. The predicted molar refractivity (Wildman–Crippen MR) is 124 cm³/mol. The molecule has 156 valence electrons. The van der Waals surface area contributed by atoms with E-state index in [-0.39, 0.29) is 24.0 Å². The molecule has 0 atom stereocenters. The van der Waals surface area contributed by atoms with Gasteiger partial charge in [-0.15, -0.1) is 24.0 Å². The normalized spacial score (nSPS) is 11.4. The molecule has 28 heavy (non-hydrogen) atoms. The maximum Gasteiger partial charge on any atom is 0.191 e. The van der Waals surface area contributed by atoms with Gasteiger partial charge in [-0.1, -0.05) is 6.07 Å². The second kappa shape index (κ2) is 14.3. The molecule has 0 amide bonds. The van der Waals surface area contributed by atoms with E-state index in [2.05, 4.69) is 44.5 Å². The van der Waals surface area contributed by atoms with Gasteiger partial charge in [-0.3, -0.25) is 4.57 Å². The third-order valence-electron chi connectivity index (χ3n) is 4.02. The van der Waals surface area contributed by atoms with E-state index in [0.29, 0.717) is 6.54 Å². The first-order valence-corrected chi connectivity index (χ1v) is 9.36. The Labute approximate surface area is 184 Å². The van der Waals surface area contributed by atoms with Crippen LogP contribution in [-0.4, -0.2) is 72.3 Å². The van der Waals surface area contributed by atoms with Gasteiger partial charge in [-0.2, -0.15) is 0 Å². The van der Waals surface area contributed by atoms with Crippen molar-refractivity contribution in [2.75, 3.05) is 46.9 Å². The minimum atomic E-state index is 0. The Kier molecular flexibility index (Phi) is 12.4. The number of nitrogens with zero attached hydrogens (tertiary/aromatic N) is 5. The summed E-state index contributed by atoms with van der Waals surface area (Å²) in [5, 5.41) is 6.66. The molecule has 0 aliphatic carbocycles. The number of pyridine rings is 1. The molecule has 0 radical (unpaired) electrons. The highest BCUT2D eigenvalue weighted by molar-refractivity contribution is 14.0. The van der Waals surface area contributed by atoms with Crippen molar-refractivity contribution in [1.82, 2.24) is 30.1 Å². The van der Waals surface area contributed by atoms with E-state index >= 15 is 0 Å². The predicted octanol–water partition coefficient (Wildman–Crippen LogP) is 1.91. The summed E-state index contributed by atoms with van der Waals surface area (Å²) < 4.78 is 6.97. The van der Waals surface area contributed by atoms with Crippen LogP contribution in [0.4, 0.5) is 0 Å². The molecule has 0 aromatic carbocycles. The van der Waals surface area contributed by atoms with Crippen molar-refractivity contribution in [3.63, 3.8) is 0 Å². The number of aromatic nitrogens is 3. The van der Waals surface area contributed by atoms with Gasteiger partial charge in [-0.25, -0.2) is 15.0 Å². The van der Waals surface area contributed by atoms with Crippen molar-refractivity contribution < 1.29 is 4.74 Å². The summed E-state index contributed by atoms with van der Waals surface area (Å²) in [5.74, 6) is 1.67. The fourth-order valence-corrected chi connectivity index (χ4v) is 2.53. The average molecular weight is 501 g/mol. The highest BCUT2D eigenvalue weighted by Gasteiger charge is 2.02. The van der Waals surface area contributed by atoms with Crippen molar-refractivity contribution in [1.29, 1.82) is 0 Å². The first-order chi connectivity index (χ1) is 13.2. The number of nitrogens with one attached hydrogen (secondary N) is 2. The average Bonchev–Trinajstić information content (AvgIpc) is 3.21. The van der Waals surface area contributed by atoms with Crippen LogP contribution in [-0.2, 0) is 11.3 Å². The molecule has 0 bridgehead atoms. The van der Waals surface area contributed by atoms with Crippen LogP contribution in [0.2, 0.25) is 0 Å². The van der Waals surface area contributed by atoms with E-state index in [1.807, 2.05) is 29.1 Å². The molecule has 0 aliphatic heterocycles. The molecule has 8 nitrogen and oxygen atoms in total. The highest BCUT2D eigenvalue weighted by Crippen LogP contribution is 2.06. The second-order valence-corrected chi connectivity index (χ2v) is 6.27. The Morgan fingerprint density at radius 3 is 2.79 bits per heavy atom. The molecule has 2 aromatic rings. The van der Waals surface area contributed by atoms with Crippen LogP contribution < -0.4 is 10.6 Å². The highest BCUT2D eigenvalue weighted by atomic mass is 127. The van der Waals surface area contributed by atoms with Crippen LogP contribution in [0.1, 0.15) is 18.9 Å². The second-order valence-electron chi connectivity index (χ2n) is 6.27. The number of likely N-dealkylation sites (N-methyl/N-ethyl adjacent to an activating group) is 1. The van der Waals surface area contributed by atoms with Crippen LogP contribution in [0.3, 0.4) is 0 Å². The van der Waals surface area contributed by atoms with Gasteiger partial charge >= 0.3 is 0 Å². The summed E-state index contributed by atoms with van der Waals surface area (Å²) in [6.45, 7) is 7.09. The number of hydrogen-bond donors (Lipinski definition) is 2. The van der Waals surface area contributed by atoms with Gasteiger partial charge in [0.25, 0.3) is 0 Å². The van der Waals surface area contributed by atoms with E-state index in [4.69, 9.17) is 4.74 Å². The molecule has 2 aromatic heterocycles. The quantitative estimate of drug-likeness (QED) is 0.212. The third kappa shape index (κ3) is 8.98. The van der Waals surface area contributed by atoms with E-state index in [0.717, 1.165) is 56.5 Å². The van der Waals surface area contributed by atoms with E-state index in [9.17, 15) is 0 Å². The van der Waals surface area contributed by atoms with Gasteiger partial charge in [0.05, 0.1) is 6.54 Å². The SMILES string of the molecule is CCNC(=NCc1ccc(-n2ccnc2)nc1)NCCN(C)CCCOC.I. The molecular weight excluding hydrogens is 469 g/mol. The molecule has 0 fully saturated rings. The number of methoxy groups -OCH3 is 1. The number of rotatable bonds is 11. The summed E-state index contributed by atoms with van der Waals surface area (Å²) >= 11 is 0. The number of guanidine groups is 1. The molecule has 2 N–H and O–H groups in total. The van der Waals surface area contributed by atoms with Crippen molar-refractivity contribution in [3.8, 4) is 5.82 Å². The van der Waals surface area contributed by atoms with Crippen molar-refractivity contribution >= 4 is 29.9 Å². The minimum Gasteiger partial charge on any atom is -0.385 e. The lowest BCUT2D eigenvalue weighted by Gasteiger charge is -2.18. The van der Waals surface area contributed by atoms with E-state index in [1.165, 1.54) is 0 Å². The van der Waals surface area contributed by atoms with Crippen molar-refractivity contribution in [2.24, 2.45) is 4.99 Å². The number of imidazole rings is 1. The zero-order chi connectivity index (χ0) is 19.3. The van der Waals surface area contributed by atoms with Crippen LogP contribution in [0.15, 0.2) is 42.0 Å². The standard InChI is InChI=1S/C19H31N7O.HI/c1-4-21-19(22-9-11-25(2)10-5-13-27-3)24-15-17-6-7-18(23-14-17)26-12-8-20-16-26;/h6-8,12,14,16H,4-5,9-11,13,15H2,1-3H3,(H2,21,22,24);1H. The molecular formula is C19H32IN7O. The summed E-state index contributed by atoms with van der Waals surface area (Å²) in [6.07, 6.45) is 8.25. The Hall–Kier alpha value is -1.72. The molecule has 0 saturated heterocycles. The fourth-order valence-electron chi connectivity index (χ4n) is 2.53. The lowest BCUT2D eigenvalue weighted by molar-refractivity contribution is 0.180. The number of aliphatic imine (C=N–C) groups is 1. The number of ether oxygens (including phenoxy) is 1. The van der Waals surface area contributed by atoms with Gasteiger partial charge in [0.2, 0.25) is 0 Å². The number of hydrogen-bond acceptors (Lipinski definition) is 5. The fraction of sp³-hybridized carbons (Fsp3) is 0.526. The topological polar surface area (TPSA) is 79.6 Å². The minimum absolute atomic E-state index is 0. The van der Waals surface area contributed by atoms with Gasteiger partial charge in [-0.05, 0) is 32.0 Å². The maximum absolute atomic E-state index is 5.09. The molecule has 0 unspecified atom stereocenters. The van der Waals surface area contributed by atoms with Crippen molar-refractivity contribution in [2.45, 2.75) is 19.9 Å². The van der Waals surface area contributed by atoms with Gasteiger partial charge in [0.15, 0.2) is 5.96 Å². The summed E-state index contributed by atoms with van der Waals surface area (Å²) in [7, 11) is 3.86. The zero-order valence-corrected chi connectivity index (χ0v) is 19.3. The summed E-state index contributed by atoms with van der Waals surface area (Å²) in [6, 6.07) is 4.01. The number of halogens is 1. The van der Waals surface area contributed by atoms with E-state index < -0.39 is 0 Å². The van der Waals surface area contributed by atoms with E-state index in [1.54, 1.807) is 19.6 Å². The maximum atomic E-state index is 5.09. The first kappa shape index (κ1) is 24.3. The Bertz CT molecular complexity index is 661. The monoisotopic (exact) mass is 501 g/mol. The van der Waals surface area contributed by atoms with Crippen molar-refractivity contribution in [3.05, 3.63) is 42.6 Å². The molecule has 2 rings (SSSR count). The molecule has 0 aliphatic rings.